The van der Waals surface area contributed by atoms with Crippen LogP contribution in [-0.4, -0.2) is 36.7 Å². The molecule has 0 heterocycles. The molecule has 1 atom stereocenters. The molecular weight excluding hydrogens is 264 g/mol. The van der Waals surface area contributed by atoms with Gasteiger partial charge in [0.05, 0.1) is 12.0 Å². The van der Waals surface area contributed by atoms with Gasteiger partial charge in [-0.2, -0.15) is 0 Å². The van der Waals surface area contributed by atoms with Gasteiger partial charge in [0, 0.05) is 18.2 Å². The first kappa shape index (κ1) is 15.9. The number of nitrogens with zero attached hydrogens (tertiary/aromatic N) is 1. The lowest BCUT2D eigenvalue weighted by atomic mass is 10.2. The highest BCUT2D eigenvalue weighted by atomic mass is 16.6. The minimum atomic E-state index is -0.588. The quantitative estimate of drug-likeness (QED) is 0.463. The highest BCUT2D eigenvalue weighted by Gasteiger charge is 2.20. The molecule has 1 N–H and O–H groups in total. The molecule has 1 aromatic carbocycles. The highest BCUT2D eigenvalue weighted by Crippen LogP contribution is 2.17. The maximum Gasteiger partial charge on any atom is 0.326 e. The number of esters is 1. The van der Waals surface area contributed by atoms with Gasteiger partial charge in [-0.05, 0) is 12.1 Å². The van der Waals surface area contributed by atoms with E-state index in [0.29, 0.717) is 5.75 Å². The van der Waals surface area contributed by atoms with Gasteiger partial charge < -0.3 is 9.47 Å². The number of rotatable bonds is 7. The minimum Gasteiger partial charge on any atom is -0.491 e. The molecule has 0 aliphatic carbocycles. The highest BCUT2D eigenvalue weighted by molar-refractivity contribution is 5.75. The Balaban J connectivity index is 2.62. The predicted octanol–water partition coefficient (Wildman–Crippen LogP) is 1.51. The number of non-ortho nitro benzene ring substituents is 1. The maximum absolute atomic E-state index is 11.6. The van der Waals surface area contributed by atoms with Gasteiger partial charge in [0.25, 0.3) is 5.69 Å². The summed E-state index contributed by atoms with van der Waals surface area (Å²) in [6.07, 6.45) is 0. The average molecular weight is 282 g/mol. The van der Waals surface area contributed by atoms with Crippen molar-refractivity contribution < 1.29 is 19.2 Å². The van der Waals surface area contributed by atoms with Crippen molar-refractivity contribution in [2.45, 2.75) is 25.9 Å². The first-order valence-corrected chi connectivity index (χ1v) is 6.15. The molecule has 1 rings (SSSR count). The third-order valence-electron chi connectivity index (χ3n) is 2.48. The average Bonchev–Trinajstić information content (AvgIpc) is 2.42. The van der Waals surface area contributed by atoms with Crippen molar-refractivity contribution in [3.8, 4) is 5.75 Å². The molecule has 0 radical (unpaired) electrons. The van der Waals surface area contributed by atoms with Crippen molar-refractivity contribution in [1.29, 1.82) is 0 Å². The Morgan fingerprint density at radius 3 is 2.40 bits per heavy atom. The molecule has 0 spiro atoms. The third kappa shape index (κ3) is 4.85. The Labute approximate surface area is 117 Å². The van der Waals surface area contributed by atoms with Crippen LogP contribution in [0.3, 0.4) is 0 Å². The van der Waals surface area contributed by atoms with Crippen molar-refractivity contribution in [3.63, 3.8) is 0 Å². The zero-order valence-electron chi connectivity index (χ0n) is 11.7. The second-order valence-corrected chi connectivity index (χ2v) is 4.46. The second kappa shape index (κ2) is 7.44. The number of hydrogen-bond donors (Lipinski definition) is 1. The van der Waals surface area contributed by atoms with E-state index in [-0.39, 0.29) is 18.3 Å². The van der Waals surface area contributed by atoms with Gasteiger partial charge in [-0.25, -0.2) is 0 Å². The molecule has 0 saturated heterocycles. The number of hydrogen-bond acceptors (Lipinski definition) is 6. The molecule has 7 heteroatoms. The Morgan fingerprint density at radius 1 is 1.35 bits per heavy atom. The van der Waals surface area contributed by atoms with E-state index < -0.39 is 16.9 Å². The summed E-state index contributed by atoms with van der Waals surface area (Å²) in [6.45, 7) is 3.90. The largest absolute Gasteiger partial charge is 0.491 e. The van der Waals surface area contributed by atoms with E-state index in [1.165, 1.54) is 31.4 Å². The lowest BCUT2D eigenvalue weighted by molar-refractivity contribution is -0.384. The van der Waals surface area contributed by atoms with Gasteiger partial charge in [0.2, 0.25) is 0 Å². The molecule has 1 unspecified atom stereocenters. The van der Waals surface area contributed by atoms with E-state index in [0.717, 1.165) is 0 Å². The first-order valence-electron chi connectivity index (χ1n) is 6.15. The lowest BCUT2D eigenvalue weighted by Gasteiger charge is -2.19. The number of carbonyl (C=O) groups is 1. The summed E-state index contributed by atoms with van der Waals surface area (Å²) in [5, 5.41) is 13.5. The SMILES string of the molecule is COC(=O)C(COc1ccc([N+](=O)[O-])cc1)NC(C)C. The molecule has 1 aromatic rings. The molecule has 0 aliphatic heterocycles. The number of nitro groups is 1. The molecule has 0 saturated carbocycles. The summed E-state index contributed by atoms with van der Waals surface area (Å²) in [4.78, 5) is 21.6. The number of carbonyl (C=O) groups excluding carboxylic acids is 1. The van der Waals surface area contributed by atoms with Gasteiger partial charge in [-0.15, -0.1) is 0 Å². The molecule has 0 aromatic heterocycles. The number of benzene rings is 1. The smallest absolute Gasteiger partial charge is 0.326 e. The first-order chi connectivity index (χ1) is 9.43. The fourth-order valence-electron chi connectivity index (χ4n) is 1.57. The van der Waals surface area contributed by atoms with E-state index in [4.69, 9.17) is 4.74 Å². The Bertz CT molecular complexity index is 458. The third-order valence-corrected chi connectivity index (χ3v) is 2.48. The zero-order chi connectivity index (χ0) is 15.1. The van der Waals surface area contributed by atoms with Crippen LogP contribution in [0.4, 0.5) is 5.69 Å². The van der Waals surface area contributed by atoms with Crippen molar-refractivity contribution in [1.82, 2.24) is 5.32 Å². The van der Waals surface area contributed by atoms with Crippen LogP contribution in [-0.2, 0) is 9.53 Å². The predicted molar refractivity (Wildman–Crippen MR) is 72.7 cm³/mol. The fourth-order valence-corrected chi connectivity index (χ4v) is 1.57. The summed E-state index contributed by atoms with van der Waals surface area (Å²) in [6, 6.07) is 5.18. The van der Waals surface area contributed by atoms with Gasteiger partial charge in [0.15, 0.2) is 0 Å². The van der Waals surface area contributed by atoms with E-state index in [1.54, 1.807) is 0 Å². The van der Waals surface area contributed by atoms with Crippen molar-refractivity contribution in [2.75, 3.05) is 13.7 Å². The summed E-state index contributed by atoms with van der Waals surface area (Å²) in [5.74, 6) is 0.0377. The van der Waals surface area contributed by atoms with E-state index in [1.807, 2.05) is 13.8 Å². The second-order valence-electron chi connectivity index (χ2n) is 4.46. The normalized spacial score (nSPS) is 12.0. The van der Waals surface area contributed by atoms with Crippen LogP contribution < -0.4 is 10.1 Å². The summed E-state index contributed by atoms with van der Waals surface area (Å²) in [7, 11) is 1.31. The summed E-state index contributed by atoms with van der Waals surface area (Å²) < 4.78 is 10.1. The maximum atomic E-state index is 11.6. The van der Waals surface area contributed by atoms with Crippen LogP contribution in [0, 0.1) is 10.1 Å². The van der Waals surface area contributed by atoms with Gasteiger partial charge in [-0.3, -0.25) is 20.2 Å². The lowest BCUT2D eigenvalue weighted by Crippen LogP contribution is -2.45. The van der Waals surface area contributed by atoms with E-state index in [9.17, 15) is 14.9 Å². The van der Waals surface area contributed by atoms with Crippen molar-refractivity contribution in [2.24, 2.45) is 0 Å². The number of nitrogens with one attached hydrogen (secondary N) is 1. The van der Waals surface area contributed by atoms with Crippen molar-refractivity contribution in [3.05, 3.63) is 34.4 Å². The van der Waals surface area contributed by atoms with Crippen molar-refractivity contribution >= 4 is 11.7 Å². The summed E-state index contributed by atoms with van der Waals surface area (Å²) >= 11 is 0. The molecular formula is C13H18N2O5. The molecule has 0 amide bonds. The fraction of sp³-hybridized carbons (Fsp3) is 0.462. The molecule has 0 aliphatic rings. The molecule has 20 heavy (non-hydrogen) atoms. The van der Waals surface area contributed by atoms with Crippen LogP contribution in [0.5, 0.6) is 5.75 Å². The van der Waals surface area contributed by atoms with Crippen LogP contribution in [0.25, 0.3) is 0 Å². The standard InChI is InChI=1S/C13H18N2O5/c1-9(2)14-12(13(16)19-3)8-20-11-6-4-10(5-7-11)15(17)18/h4-7,9,12,14H,8H2,1-3H3. The molecule has 7 nitrogen and oxygen atoms in total. The Morgan fingerprint density at radius 2 is 1.95 bits per heavy atom. The van der Waals surface area contributed by atoms with E-state index in [2.05, 4.69) is 10.1 Å². The number of methoxy groups -OCH3 is 1. The number of nitro benzene ring substituents is 1. The Hall–Kier alpha value is -2.15. The van der Waals surface area contributed by atoms with Crippen LogP contribution in [0.15, 0.2) is 24.3 Å². The minimum absolute atomic E-state index is 0.0119. The van der Waals surface area contributed by atoms with E-state index >= 15 is 0 Å². The molecule has 0 bridgehead atoms. The van der Waals surface area contributed by atoms with Gasteiger partial charge >= 0.3 is 5.97 Å². The zero-order valence-corrected chi connectivity index (χ0v) is 11.7. The molecule has 0 fully saturated rings. The van der Waals surface area contributed by atoms with Crippen LogP contribution in [0.2, 0.25) is 0 Å². The topological polar surface area (TPSA) is 90.7 Å². The van der Waals surface area contributed by atoms with Crippen LogP contribution >= 0.6 is 0 Å². The monoisotopic (exact) mass is 282 g/mol. The van der Waals surface area contributed by atoms with Gasteiger partial charge in [-0.1, -0.05) is 13.8 Å². The molecule has 110 valence electrons. The Kier molecular flexibility index (Phi) is 5.92. The number of ether oxygens (including phenoxy) is 2. The summed E-state index contributed by atoms with van der Waals surface area (Å²) in [5.41, 5.74) is -0.0119. The van der Waals surface area contributed by atoms with Crippen LogP contribution in [0.1, 0.15) is 13.8 Å². The van der Waals surface area contributed by atoms with Gasteiger partial charge in [0.1, 0.15) is 18.4 Å².